The van der Waals surface area contributed by atoms with Gasteiger partial charge in [-0.1, -0.05) is 49.3 Å². The summed E-state index contributed by atoms with van der Waals surface area (Å²) in [6.07, 6.45) is -1.87. The Kier molecular flexibility index (Phi) is 8.35. The molecule has 0 aromatic heterocycles. The van der Waals surface area contributed by atoms with E-state index in [2.05, 4.69) is 10.5 Å². The molecule has 0 unspecified atom stereocenters. The average Bonchev–Trinajstić information content (AvgIpc) is 3.18. The summed E-state index contributed by atoms with van der Waals surface area (Å²) in [4.78, 5) is 40.8. The van der Waals surface area contributed by atoms with Crippen LogP contribution in [0.5, 0.6) is 0 Å². The van der Waals surface area contributed by atoms with Crippen LogP contribution in [0.3, 0.4) is 0 Å². The van der Waals surface area contributed by atoms with Crippen LogP contribution in [0, 0.1) is 11.8 Å². The van der Waals surface area contributed by atoms with Crippen LogP contribution in [0.15, 0.2) is 35.5 Å². The SMILES string of the molecule is COC(=O)[C@@H]1C([C@H](O[C@H](c2ccccc2)[C@H](C)NC=O)C(C)C)=NO[C@H]1C(=O)OC. The van der Waals surface area contributed by atoms with E-state index in [-0.39, 0.29) is 17.7 Å². The molecule has 30 heavy (non-hydrogen) atoms. The maximum absolute atomic E-state index is 12.5. The molecule has 1 aliphatic rings. The third-order valence-electron chi connectivity index (χ3n) is 4.89. The lowest BCUT2D eigenvalue weighted by molar-refractivity contribution is -0.161. The van der Waals surface area contributed by atoms with Gasteiger partial charge in [0.2, 0.25) is 12.5 Å². The molecule has 2 rings (SSSR count). The zero-order valence-electron chi connectivity index (χ0n) is 17.7. The minimum atomic E-state index is -1.25. The number of methoxy groups -OCH3 is 2. The molecule has 9 nitrogen and oxygen atoms in total. The maximum Gasteiger partial charge on any atom is 0.351 e. The lowest BCUT2D eigenvalue weighted by atomic mass is 9.88. The van der Waals surface area contributed by atoms with Gasteiger partial charge in [0.25, 0.3) is 0 Å². The summed E-state index contributed by atoms with van der Waals surface area (Å²) >= 11 is 0. The molecule has 164 valence electrons. The van der Waals surface area contributed by atoms with E-state index in [4.69, 9.17) is 19.0 Å². The molecule has 5 atom stereocenters. The molecule has 0 fully saturated rings. The van der Waals surface area contributed by atoms with Gasteiger partial charge in [0.05, 0.1) is 20.3 Å². The van der Waals surface area contributed by atoms with Gasteiger partial charge in [-0.25, -0.2) is 4.79 Å². The summed E-state index contributed by atoms with van der Waals surface area (Å²) in [7, 11) is 2.42. The molecule has 1 aliphatic heterocycles. The van der Waals surface area contributed by atoms with Gasteiger partial charge in [-0.2, -0.15) is 0 Å². The minimum Gasteiger partial charge on any atom is -0.468 e. The quantitative estimate of drug-likeness (QED) is 0.452. The molecular formula is C21H28N2O7. The van der Waals surface area contributed by atoms with Gasteiger partial charge in [0, 0.05) is 0 Å². The first-order valence-corrected chi connectivity index (χ1v) is 9.65. The highest BCUT2D eigenvalue weighted by Gasteiger charge is 2.50. The molecule has 0 aliphatic carbocycles. The fraction of sp³-hybridized carbons (Fsp3) is 0.524. The van der Waals surface area contributed by atoms with Gasteiger partial charge in [-0.15, -0.1) is 0 Å². The number of carbonyl (C=O) groups is 3. The lowest BCUT2D eigenvalue weighted by Gasteiger charge is -2.32. The summed E-state index contributed by atoms with van der Waals surface area (Å²) in [5, 5.41) is 6.73. The van der Waals surface area contributed by atoms with Gasteiger partial charge in [0.1, 0.15) is 17.9 Å². The Morgan fingerprint density at radius 1 is 1.07 bits per heavy atom. The summed E-state index contributed by atoms with van der Waals surface area (Å²) < 4.78 is 16.0. The minimum absolute atomic E-state index is 0.134. The lowest BCUT2D eigenvalue weighted by Crippen LogP contribution is -2.45. The normalized spacial score (nSPS) is 21.1. The fourth-order valence-electron chi connectivity index (χ4n) is 3.33. The Labute approximate surface area is 175 Å². The Hall–Kier alpha value is -2.94. The molecule has 1 amide bonds. The second-order valence-electron chi connectivity index (χ2n) is 7.27. The number of benzene rings is 1. The smallest absolute Gasteiger partial charge is 0.351 e. The topological polar surface area (TPSA) is 113 Å². The van der Waals surface area contributed by atoms with Gasteiger partial charge in [0.15, 0.2) is 5.92 Å². The van der Waals surface area contributed by atoms with Crippen LogP contribution in [0.25, 0.3) is 0 Å². The van der Waals surface area contributed by atoms with E-state index in [0.717, 1.165) is 5.56 Å². The second-order valence-corrected chi connectivity index (χ2v) is 7.27. The molecular weight excluding hydrogens is 392 g/mol. The highest BCUT2D eigenvalue weighted by atomic mass is 16.7. The molecule has 1 heterocycles. The molecule has 1 aromatic rings. The number of amides is 1. The zero-order chi connectivity index (χ0) is 22.3. The van der Waals surface area contributed by atoms with Gasteiger partial charge < -0.3 is 24.4 Å². The largest absolute Gasteiger partial charge is 0.468 e. The van der Waals surface area contributed by atoms with Gasteiger partial charge in [-0.05, 0) is 18.4 Å². The Morgan fingerprint density at radius 3 is 2.23 bits per heavy atom. The van der Waals surface area contributed by atoms with Crippen LogP contribution in [0.1, 0.15) is 32.4 Å². The van der Waals surface area contributed by atoms with Gasteiger partial charge in [-0.3, -0.25) is 9.59 Å². The van der Waals surface area contributed by atoms with E-state index in [1.807, 2.05) is 51.1 Å². The van der Waals surface area contributed by atoms with Crippen molar-refractivity contribution < 1.29 is 33.4 Å². The summed E-state index contributed by atoms with van der Waals surface area (Å²) in [5.74, 6) is -2.64. The monoisotopic (exact) mass is 420 g/mol. The van der Waals surface area contributed by atoms with Crippen molar-refractivity contribution >= 4 is 24.1 Å². The molecule has 9 heteroatoms. The third kappa shape index (κ3) is 5.15. The number of hydrogen-bond donors (Lipinski definition) is 1. The molecule has 1 N–H and O–H groups in total. The molecule has 0 radical (unpaired) electrons. The van der Waals surface area contributed by atoms with E-state index in [9.17, 15) is 14.4 Å². The highest BCUT2D eigenvalue weighted by Crippen LogP contribution is 2.31. The number of rotatable bonds is 10. The number of nitrogens with zero attached hydrogens (tertiary/aromatic N) is 1. The number of oxime groups is 1. The molecule has 0 saturated heterocycles. The Bertz CT molecular complexity index is 766. The average molecular weight is 420 g/mol. The number of ether oxygens (including phenoxy) is 3. The summed E-state index contributed by atoms with van der Waals surface area (Å²) in [6, 6.07) is 9.00. The molecule has 0 saturated carbocycles. The fourth-order valence-corrected chi connectivity index (χ4v) is 3.33. The Balaban J connectivity index is 2.39. The number of hydrogen-bond acceptors (Lipinski definition) is 8. The van der Waals surface area contributed by atoms with E-state index in [1.54, 1.807) is 0 Å². The molecule has 1 aromatic carbocycles. The van der Waals surface area contributed by atoms with Crippen LogP contribution in [0.4, 0.5) is 0 Å². The van der Waals surface area contributed by atoms with E-state index in [1.165, 1.54) is 14.2 Å². The number of carbonyl (C=O) groups excluding carboxylic acids is 3. The van der Waals surface area contributed by atoms with Crippen molar-refractivity contribution in [2.24, 2.45) is 17.0 Å². The Morgan fingerprint density at radius 2 is 1.70 bits per heavy atom. The van der Waals surface area contributed by atoms with Crippen molar-refractivity contribution in [1.29, 1.82) is 0 Å². The first-order valence-electron chi connectivity index (χ1n) is 9.65. The maximum atomic E-state index is 12.5. The third-order valence-corrected chi connectivity index (χ3v) is 4.89. The van der Waals surface area contributed by atoms with E-state index >= 15 is 0 Å². The van der Waals surface area contributed by atoms with Crippen LogP contribution in [-0.4, -0.2) is 56.5 Å². The summed E-state index contributed by atoms with van der Waals surface area (Å²) in [5.41, 5.74) is 1.08. The predicted octanol–water partition coefficient (Wildman–Crippen LogP) is 1.62. The van der Waals surface area contributed by atoms with Crippen LogP contribution in [0.2, 0.25) is 0 Å². The van der Waals surface area contributed by atoms with Crippen molar-refractivity contribution in [3.63, 3.8) is 0 Å². The second kappa shape index (κ2) is 10.7. The van der Waals surface area contributed by atoms with Crippen molar-refractivity contribution in [3.8, 4) is 0 Å². The number of nitrogens with one attached hydrogen (secondary N) is 1. The summed E-state index contributed by atoms with van der Waals surface area (Å²) in [6.45, 7) is 5.60. The van der Waals surface area contributed by atoms with Crippen LogP contribution < -0.4 is 5.32 Å². The standard InChI is InChI=1S/C21H28N2O7/c1-12(2)17(16-15(20(25)27-4)19(30-23-16)21(26)28-5)29-18(13(3)22-11-24)14-9-7-6-8-10-14/h6-13,15,17-19H,1-5H3,(H,22,24)/t13-,15+,17+,18-,19+/m0/s1. The first-order chi connectivity index (χ1) is 14.3. The van der Waals surface area contributed by atoms with Crippen molar-refractivity contribution in [3.05, 3.63) is 35.9 Å². The predicted molar refractivity (Wildman–Crippen MR) is 107 cm³/mol. The molecule has 0 bridgehead atoms. The van der Waals surface area contributed by atoms with E-state index < -0.39 is 36.2 Å². The van der Waals surface area contributed by atoms with E-state index in [0.29, 0.717) is 6.41 Å². The van der Waals surface area contributed by atoms with Gasteiger partial charge >= 0.3 is 11.9 Å². The van der Waals surface area contributed by atoms with Crippen molar-refractivity contribution in [1.82, 2.24) is 5.32 Å². The van der Waals surface area contributed by atoms with Crippen molar-refractivity contribution in [2.75, 3.05) is 14.2 Å². The zero-order valence-corrected chi connectivity index (χ0v) is 17.7. The van der Waals surface area contributed by atoms with Crippen molar-refractivity contribution in [2.45, 2.75) is 45.1 Å². The van der Waals surface area contributed by atoms with Crippen LogP contribution in [-0.2, 0) is 33.4 Å². The number of esters is 2. The first kappa shape index (κ1) is 23.3. The molecule has 0 spiro atoms. The van der Waals surface area contributed by atoms with Crippen LogP contribution >= 0.6 is 0 Å². The highest BCUT2D eigenvalue weighted by molar-refractivity contribution is 6.09.